The molecule has 0 saturated carbocycles. The van der Waals surface area contributed by atoms with E-state index in [2.05, 4.69) is 32.1 Å². The van der Waals surface area contributed by atoms with E-state index in [0.29, 0.717) is 6.42 Å². The Kier molecular flexibility index (Phi) is 27.3. The van der Waals surface area contributed by atoms with Crippen LogP contribution < -0.4 is 0 Å². The van der Waals surface area contributed by atoms with Gasteiger partial charge in [-0.25, -0.2) is 0 Å². The van der Waals surface area contributed by atoms with Gasteiger partial charge < -0.3 is 39.4 Å². The minimum atomic E-state index is -1.60. The Hall–Kier alpha value is -2.08. The highest BCUT2D eigenvalue weighted by molar-refractivity contribution is 5.70. The number of allylic oxidation sites excluding steroid dienone is 6. The molecule has 1 saturated heterocycles. The summed E-state index contributed by atoms with van der Waals surface area (Å²) in [5.74, 6) is -0.836. The molecule has 1 aliphatic rings. The second-order valence-electron chi connectivity index (χ2n) is 12.7. The van der Waals surface area contributed by atoms with E-state index in [1.165, 1.54) is 44.9 Å². The number of esters is 2. The lowest BCUT2D eigenvalue weighted by Gasteiger charge is -2.39. The zero-order valence-electron chi connectivity index (χ0n) is 29.7. The van der Waals surface area contributed by atoms with Crippen LogP contribution >= 0.6 is 0 Å². The Morgan fingerprint density at radius 2 is 1.23 bits per heavy atom. The lowest BCUT2D eigenvalue weighted by atomic mass is 9.99. The Bertz CT molecular complexity index is 887. The van der Waals surface area contributed by atoms with Crippen LogP contribution in [0.5, 0.6) is 0 Å². The van der Waals surface area contributed by atoms with Gasteiger partial charge >= 0.3 is 11.9 Å². The van der Waals surface area contributed by atoms with E-state index in [1.807, 2.05) is 18.2 Å². The summed E-state index contributed by atoms with van der Waals surface area (Å²) in [6, 6.07) is 0. The maximum absolute atomic E-state index is 12.7. The summed E-state index contributed by atoms with van der Waals surface area (Å²) in [6.07, 6.45) is 23.1. The summed E-state index contributed by atoms with van der Waals surface area (Å²) in [4.78, 5) is 25.1. The smallest absolute Gasteiger partial charge is 0.306 e. The largest absolute Gasteiger partial charge is 0.462 e. The molecule has 1 rings (SSSR count). The topological polar surface area (TPSA) is 152 Å². The van der Waals surface area contributed by atoms with Crippen LogP contribution in [0, 0.1) is 0 Å². The third-order valence-electron chi connectivity index (χ3n) is 8.35. The van der Waals surface area contributed by atoms with E-state index in [0.717, 1.165) is 57.8 Å². The van der Waals surface area contributed by atoms with Gasteiger partial charge in [0.05, 0.1) is 13.2 Å². The highest BCUT2D eigenvalue weighted by Gasteiger charge is 2.44. The fourth-order valence-electron chi connectivity index (χ4n) is 5.36. The molecule has 0 spiro atoms. The molecule has 6 atom stereocenters. The van der Waals surface area contributed by atoms with Crippen LogP contribution in [0.25, 0.3) is 0 Å². The zero-order valence-corrected chi connectivity index (χ0v) is 29.7. The lowest BCUT2D eigenvalue weighted by Crippen LogP contribution is -2.59. The summed E-state index contributed by atoms with van der Waals surface area (Å²) >= 11 is 0. The van der Waals surface area contributed by atoms with Gasteiger partial charge in [0, 0.05) is 12.8 Å². The number of carbonyl (C=O) groups excluding carboxylic acids is 2. The molecule has 0 aliphatic carbocycles. The van der Waals surface area contributed by atoms with Crippen LogP contribution in [0.2, 0.25) is 0 Å². The Labute approximate surface area is 289 Å². The third kappa shape index (κ3) is 21.8. The van der Waals surface area contributed by atoms with Crippen molar-refractivity contribution in [3.8, 4) is 0 Å². The molecule has 1 aliphatic heterocycles. The number of hydrogen-bond donors (Lipinski definition) is 4. The molecule has 10 heteroatoms. The monoisotopic (exact) mass is 682 g/mol. The molecular weight excluding hydrogens is 616 g/mol. The van der Waals surface area contributed by atoms with Gasteiger partial charge in [0.1, 0.15) is 31.0 Å². The first-order valence-corrected chi connectivity index (χ1v) is 18.6. The molecule has 0 bridgehead atoms. The SMILES string of the molecule is CC/C=C/C=C/C=C/CCCCCCCC(=O)OC(COC(=O)CCCCCCCCCCCC)CO[C@@H]1O[C@H](CO)[C@H](O)C(O)C1O. The molecule has 48 heavy (non-hydrogen) atoms. The first-order valence-electron chi connectivity index (χ1n) is 18.6. The Morgan fingerprint density at radius 1 is 0.667 bits per heavy atom. The number of aliphatic hydroxyl groups excluding tert-OH is 4. The molecule has 0 radical (unpaired) electrons. The Balaban J connectivity index is 2.44. The van der Waals surface area contributed by atoms with Crippen molar-refractivity contribution in [1.82, 2.24) is 0 Å². The first kappa shape index (κ1) is 43.9. The predicted molar refractivity (Wildman–Crippen MR) is 187 cm³/mol. The molecule has 10 nitrogen and oxygen atoms in total. The lowest BCUT2D eigenvalue weighted by molar-refractivity contribution is -0.305. The van der Waals surface area contributed by atoms with Crippen LogP contribution in [0.4, 0.5) is 0 Å². The molecule has 1 heterocycles. The number of carbonyl (C=O) groups is 2. The van der Waals surface area contributed by atoms with Crippen LogP contribution in [0.3, 0.4) is 0 Å². The number of unbranched alkanes of at least 4 members (excludes halogenated alkanes) is 14. The van der Waals surface area contributed by atoms with E-state index in [9.17, 15) is 30.0 Å². The molecule has 0 aromatic rings. The molecule has 0 aromatic carbocycles. The molecule has 1 fully saturated rings. The zero-order chi connectivity index (χ0) is 35.2. The highest BCUT2D eigenvalue weighted by Crippen LogP contribution is 2.22. The van der Waals surface area contributed by atoms with E-state index in [4.69, 9.17) is 18.9 Å². The first-order chi connectivity index (χ1) is 23.3. The van der Waals surface area contributed by atoms with E-state index >= 15 is 0 Å². The molecular formula is C38H66O10. The summed E-state index contributed by atoms with van der Waals surface area (Å²) in [6.45, 7) is 3.22. The van der Waals surface area contributed by atoms with E-state index in [-0.39, 0.29) is 32.0 Å². The average molecular weight is 683 g/mol. The molecule has 278 valence electrons. The summed E-state index contributed by atoms with van der Waals surface area (Å²) < 4.78 is 22.0. The van der Waals surface area contributed by atoms with E-state index in [1.54, 1.807) is 0 Å². The van der Waals surface area contributed by atoms with Gasteiger partial charge in [0.25, 0.3) is 0 Å². The van der Waals surface area contributed by atoms with Gasteiger partial charge in [0.15, 0.2) is 12.4 Å². The van der Waals surface area contributed by atoms with Gasteiger partial charge in [-0.3, -0.25) is 9.59 Å². The van der Waals surface area contributed by atoms with Crippen molar-refractivity contribution in [2.24, 2.45) is 0 Å². The van der Waals surface area contributed by atoms with Crippen molar-refractivity contribution < 1.29 is 49.0 Å². The second-order valence-corrected chi connectivity index (χ2v) is 12.7. The minimum absolute atomic E-state index is 0.207. The Morgan fingerprint density at radius 3 is 1.83 bits per heavy atom. The predicted octanol–water partition coefficient (Wildman–Crippen LogP) is 6.38. The number of rotatable bonds is 29. The molecule has 0 amide bonds. The molecule has 0 aromatic heterocycles. The quantitative estimate of drug-likeness (QED) is 0.0397. The van der Waals surface area contributed by atoms with Crippen LogP contribution in [-0.2, 0) is 28.5 Å². The second kappa shape index (κ2) is 29.8. The number of hydrogen-bond acceptors (Lipinski definition) is 10. The number of aliphatic hydroxyl groups is 4. The minimum Gasteiger partial charge on any atom is -0.462 e. The fraction of sp³-hybridized carbons (Fsp3) is 0.789. The summed E-state index contributed by atoms with van der Waals surface area (Å²) in [7, 11) is 0. The third-order valence-corrected chi connectivity index (χ3v) is 8.35. The summed E-state index contributed by atoms with van der Waals surface area (Å²) in [5.41, 5.74) is 0. The van der Waals surface area contributed by atoms with Crippen molar-refractivity contribution in [3.63, 3.8) is 0 Å². The van der Waals surface area contributed by atoms with Gasteiger partial charge in [-0.15, -0.1) is 0 Å². The van der Waals surface area contributed by atoms with Crippen LogP contribution in [-0.4, -0.2) is 89.0 Å². The van der Waals surface area contributed by atoms with Crippen molar-refractivity contribution in [2.75, 3.05) is 19.8 Å². The average Bonchev–Trinajstić information content (AvgIpc) is 3.08. The normalized spacial score (nSPS) is 22.2. The van der Waals surface area contributed by atoms with Gasteiger partial charge in [0.2, 0.25) is 0 Å². The van der Waals surface area contributed by atoms with Crippen LogP contribution in [0.1, 0.15) is 136 Å². The van der Waals surface area contributed by atoms with Crippen molar-refractivity contribution in [3.05, 3.63) is 36.5 Å². The van der Waals surface area contributed by atoms with Gasteiger partial charge in [-0.05, 0) is 32.1 Å². The molecule has 4 N–H and O–H groups in total. The number of ether oxygens (including phenoxy) is 4. The van der Waals surface area contributed by atoms with Crippen molar-refractivity contribution >= 4 is 11.9 Å². The maximum Gasteiger partial charge on any atom is 0.306 e. The van der Waals surface area contributed by atoms with E-state index < -0.39 is 49.4 Å². The fourth-order valence-corrected chi connectivity index (χ4v) is 5.36. The van der Waals surface area contributed by atoms with Crippen LogP contribution in [0.15, 0.2) is 36.5 Å². The molecule has 3 unspecified atom stereocenters. The summed E-state index contributed by atoms with van der Waals surface area (Å²) in [5, 5.41) is 39.8. The van der Waals surface area contributed by atoms with Gasteiger partial charge in [-0.1, -0.05) is 127 Å². The standard InChI is InChI=1S/C38H66O10/c1-3-5-7-9-11-13-15-16-17-19-21-23-25-27-34(41)47-31(30-46-38-37(44)36(43)35(42)32(28-39)48-38)29-45-33(40)26-24-22-20-18-14-12-10-8-6-4-2/h5,7,9,11,13,15,31-32,35-39,42-44H,3-4,6,8,10,12,14,16-30H2,1-2H3/b7-5+,11-9+,15-13+/t31?,32-,35+,36?,37?,38-/m1/s1. The van der Waals surface area contributed by atoms with Gasteiger partial charge in [-0.2, -0.15) is 0 Å². The maximum atomic E-state index is 12.7. The van der Waals surface area contributed by atoms with Crippen molar-refractivity contribution in [2.45, 2.75) is 173 Å². The highest BCUT2D eigenvalue weighted by atomic mass is 16.7. The van der Waals surface area contributed by atoms with Crippen molar-refractivity contribution in [1.29, 1.82) is 0 Å².